The van der Waals surface area contributed by atoms with E-state index >= 15 is 0 Å². The van der Waals surface area contributed by atoms with Crippen molar-refractivity contribution in [3.05, 3.63) is 33.6 Å². The van der Waals surface area contributed by atoms with E-state index in [0.717, 1.165) is 25.2 Å². The van der Waals surface area contributed by atoms with Crippen LogP contribution in [0.25, 0.3) is 0 Å². The van der Waals surface area contributed by atoms with Gasteiger partial charge in [-0.3, -0.25) is 4.90 Å². The third-order valence-electron chi connectivity index (χ3n) is 4.10. The fraction of sp³-hybridized carbons (Fsp3) is 0.600. The largest absolute Gasteiger partial charge is 0.316 e. The van der Waals surface area contributed by atoms with Gasteiger partial charge in [0.15, 0.2) is 0 Å². The summed E-state index contributed by atoms with van der Waals surface area (Å²) in [6.45, 7) is 5.20. The van der Waals surface area contributed by atoms with Crippen molar-refractivity contribution in [2.24, 2.45) is 5.92 Å². The van der Waals surface area contributed by atoms with E-state index < -0.39 is 5.82 Å². The molecule has 2 rings (SSSR count). The summed E-state index contributed by atoms with van der Waals surface area (Å²) in [5, 5.41) is 4.02. The molecule has 1 fully saturated rings. The first-order valence-electron chi connectivity index (χ1n) is 7.04. The molecule has 0 amide bonds. The van der Waals surface area contributed by atoms with Crippen LogP contribution in [0.3, 0.4) is 0 Å². The maximum absolute atomic E-state index is 13.6. The Bertz CT molecular complexity index is 461. The maximum Gasteiger partial charge on any atom is 0.142 e. The van der Waals surface area contributed by atoms with Crippen molar-refractivity contribution in [3.63, 3.8) is 0 Å². The summed E-state index contributed by atoms with van der Waals surface area (Å²) < 4.78 is 13.6. The lowest BCUT2D eigenvalue weighted by molar-refractivity contribution is 0.199. The van der Waals surface area contributed by atoms with Gasteiger partial charge >= 0.3 is 0 Å². The zero-order valence-electron chi connectivity index (χ0n) is 11.9. The second-order valence-electron chi connectivity index (χ2n) is 5.62. The zero-order valence-corrected chi connectivity index (χ0v) is 13.4. The fourth-order valence-corrected chi connectivity index (χ4v) is 3.28. The molecule has 0 saturated carbocycles. The van der Waals surface area contributed by atoms with E-state index in [4.69, 9.17) is 23.2 Å². The molecule has 0 radical (unpaired) electrons. The van der Waals surface area contributed by atoms with Gasteiger partial charge in [-0.15, -0.1) is 0 Å². The lowest BCUT2D eigenvalue weighted by atomic mass is 9.98. The highest BCUT2D eigenvalue weighted by molar-refractivity contribution is 6.35. The molecule has 20 heavy (non-hydrogen) atoms. The van der Waals surface area contributed by atoms with Crippen LogP contribution < -0.4 is 5.32 Å². The van der Waals surface area contributed by atoms with Crippen LogP contribution in [0.2, 0.25) is 10.0 Å². The van der Waals surface area contributed by atoms with Crippen LogP contribution in [-0.4, -0.2) is 31.6 Å². The van der Waals surface area contributed by atoms with Gasteiger partial charge in [0.1, 0.15) is 5.82 Å². The fourth-order valence-electron chi connectivity index (χ4n) is 2.74. The standard InChI is InChI=1S/C15H21Cl2FN2/c1-10(12-6-15(18)14(17)7-13(12)16)20(2)9-11-4-3-5-19-8-11/h6-7,10-11,19H,3-5,8-9H2,1-2H3. The van der Waals surface area contributed by atoms with Gasteiger partial charge < -0.3 is 5.32 Å². The molecule has 112 valence electrons. The van der Waals surface area contributed by atoms with Crippen molar-refractivity contribution < 1.29 is 4.39 Å². The number of nitrogens with zero attached hydrogens (tertiary/aromatic N) is 1. The highest BCUT2D eigenvalue weighted by atomic mass is 35.5. The van der Waals surface area contributed by atoms with E-state index in [1.165, 1.54) is 25.0 Å². The Morgan fingerprint density at radius 2 is 2.15 bits per heavy atom. The van der Waals surface area contributed by atoms with Gasteiger partial charge in [0, 0.05) is 17.6 Å². The Kier molecular flexibility index (Phi) is 5.67. The average Bonchev–Trinajstić information content (AvgIpc) is 2.43. The number of rotatable bonds is 4. The minimum absolute atomic E-state index is 0.0659. The summed E-state index contributed by atoms with van der Waals surface area (Å²) in [4.78, 5) is 2.23. The number of halogens is 3. The van der Waals surface area contributed by atoms with Gasteiger partial charge in [-0.05, 0) is 63.5 Å². The average molecular weight is 319 g/mol. The number of piperidine rings is 1. The molecule has 1 aromatic carbocycles. The Morgan fingerprint density at radius 3 is 2.80 bits per heavy atom. The molecule has 1 aliphatic heterocycles. The second kappa shape index (κ2) is 7.08. The Morgan fingerprint density at radius 1 is 1.40 bits per heavy atom. The van der Waals surface area contributed by atoms with Crippen LogP contribution in [0.1, 0.15) is 31.4 Å². The zero-order chi connectivity index (χ0) is 14.7. The number of benzene rings is 1. The topological polar surface area (TPSA) is 15.3 Å². The van der Waals surface area contributed by atoms with Crippen molar-refractivity contribution in [1.82, 2.24) is 10.2 Å². The van der Waals surface area contributed by atoms with Crippen molar-refractivity contribution in [1.29, 1.82) is 0 Å². The van der Waals surface area contributed by atoms with Gasteiger partial charge in [0.25, 0.3) is 0 Å². The molecular weight excluding hydrogens is 298 g/mol. The summed E-state index contributed by atoms with van der Waals surface area (Å²) in [5.41, 5.74) is 0.792. The van der Waals surface area contributed by atoms with Gasteiger partial charge in [-0.25, -0.2) is 4.39 Å². The number of nitrogens with one attached hydrogen (secondary N) is 1. The lowest BCUT2D eigenvalue weighted by Gasteiger charge is -2.32. The molecule has 0 bridgehead atoms. The molecule has 0 aromatic heterocycles. The van der Waals surface area contributed by atoms with Crippen molar-refractivity contribution in [2.75, 3.05) is 26.7 Å². The first kappa shape index (κ1) is 16.0. The summed E-state index contributed by atoms with van der Waals surface area (Å²) in [6.07, 6.45) is 2.47. The molecule has 1 aromatic rings. The van der Waals surface area contributed by atoms with E-state index in [0.29, 0.717) is 10.9 Å². The van der Waals surface area contributed by atoms with Crippen LogP contribution >= 0.6 is 23.2 Å². The van der Waals surface area contributed by atoms with E-state index in [9.17, 15) is 4.39 Å². The summed E-state index contributed by atoms with van der Waals surface area (Å²) in [7, 11) is 2.06. The van der Waals surface area contributed by atoms with Gasteiger partial charge in [-0.1, -0.05) is 23.2 Å². The predicted molar refractivity (Wildman–Crippen MR) is 83.1 cm³/mol. The van der Waals surface area contributed by atoms with E-state index in [2.05, 4.69) is 17.3 Å². The highest BCUT2D eigenvalue weighted by Gasteiger charge is 2.21. The highest BCUT2D eigenvalue weighted by Crippen LogP contribution is 2.31. The van der Waals surface area contributed by atoms with Crippen LogP contribution in [-0.2, 0) is 0 Å². The molecule has 2 nitrogen and oxygen atoms in total. The molecule has 2 atom stereocenters. The summed E-state index contributed by atoms with van der Waals surface area (Å²) >= 11 is 11.9. The molecule has 1 saturated heterocycles. The molecule has 1 N–H and O–H groups in total. The summed E-state index contributed by atoms with van der Waals surface area (Å²) in [5.74, 6) is 0.234. The minimum atomic E-state index is -0.411. The maximum atomic E-state index is 13.6. The molecule has 1 heterocycles. The van der Waals surface area contributed by atoms with Gasteiger partial charge in [-0.2, -0.15) is 0 Å². The Balaban J connectivity index is 2.05. The molecule has 5 heteroatoms. The van der Waals surface area contributed by atoms with E-state index in [1.54, 1.807) is 0 Å². The molecule has 0 aliphatic carbocycles. The lowest BCUT2D eigenvalue weighted by Crippen LogP contribution is -2.37. The van der Waals surface area contributed by atoms with Gasteiger partial charge in [0.2, 0.25) is 0 Å². The molecule has 1 aliphatic rings. The van der Waals surface area contributed by atoms with Crippen LogP contribution in [0.5, 0.6) is 0 Å². The predicted octanol–water partition coefficient (Wildman–Crippen LogP) is 4.12. The van der Waals surface area contributed by atoms with Crippen LogP contribution in [0, 0.1) is 11.7 Å². The molecule has 2 unspecified atom stereocenters. The van der Waals surface area contributed by atoms with E-state index in [1.807, 2.05) is 6.92 Å². The molecule has 0 spiro atoms. The van der Waals surface area contributed by atoms with Crippen LogP contribution in [0.4, 0.5) is 4.39 Å². The van der Waals surface area contributed by atoms with Crippen molar-refractivity contribution in [2.45, 2.75) is 25.8 Å². The second-order valence-corrected chi connectivity index (χ2v) is 6.43. The quantitative estimate of drug-likeness (QED) is 0.840. The smallest absolute Gasteiger partial charge is 0.142 e. The Hall–Kier alpha value is -0.350. The molecular formula is C15H21Cl2FN2. The van der Waals surface area contributed by atoms with Crippen molar-refractivity contribution in [3.8, 4) is 0 Å². The number of hydrogen-bond acceptors (Lipinski definition) is 2. The Labute approximate surface area is 130 Å². The first-order valence-corrected chi connectivity index (χ1v) is 7.80. The normalized spacial score (nSPS) is 21.2. The minimum Gasteiger partial charge on any atom is -0.316 e. The third kappa shape index (κ3) is 3.85. The van der Waals surface area contributed by atoms with Crippen molar-refractivity contribution >= 4 is 23.2 Å². The first-order chi connectivity index (χ1) is 9.49. The summed E-state index contributed by atoms with van der Waals surface area (Å²) in [6, 6.07) is 3.00. The monoisotopic (exact) mass is 318 g/mol. The van der Waals surface area contributed by atoms with Gasteiger partial charge in [0.05, 0.1) is 5.02 Å². The van der Waals surface area contributed by atoms with Crippen LogP contribution in [0.15, 0.2) is 12.1 Å². The third-order valence-corrected chi connectivity index (χ3v) is 4.71. The van der Waals surface area contributed by atoms with E-state index in [-0.39, 0.29) is 11.1 Å². The number of hydrogen-bond donors (Lipinski definition) is 1. The SMILES string of the molecule is CC(c1cc(F)c(Cl)cc1Cl)N(C)CC1CCCNC1.